The van der Waals surface area contributed by atoms with Crippen molar-refractivity contribution in [1.29, 1.82) is 0 Å². The highest BCUT2D eigenvalue weighted by molar-refractivity contribution is 7.89. The average Bonchev–Trinajstić information content (AvgIpc) is 2.31. The van der Waals surface area contributed by atoms with Crippen molar-refractivity contribution in [1.82, 2.24) is 4.31 Å². The largest absolute Gasteiger partial charge is 0.399 e. The maximum Gasteiger partial charge on any atom is 0.246 e. The number of hydrogen-bond acceptors (Lipinski definition) is 4. The van der Waals surface area contributed by atoms with E-state index >= 15 is 0 Å². The highest BCUT2D eigenvalue weighted by atomic mass is 32.2. The molecule has 0 aliphatic carbocycles. The van der Waals surface area contributed by atoms with Crippen LogP contribution in [0.2, 0.25) is 0 Å². The topological polar surface area (TPSA) is 72.6 Å². The number of morpholine rings is 1. The first-order chi connectivity index (χ1) is 8.72. The van der Waals surface area contributed by atoms with Crippen LogP contribution < -0.4 is 5.73 Å². The van der Waals surface area contributed by atoms with Gasteiger partial charge in [-0.15, -0.1) is 0 Å². The van der Waals surface area contributed by atoms with Gasteiger partial charge in [0.1, 0.15) is 10.7 Å². The summed E-state index contributed by atoms with van der Waals surface area (Å²) < 4.78 is 45.3. The molecule has 2 N–H and O–H groups in total. The number of nitrogen functional groups attached to an aromatic ring is 1. The van der Waals surface area contributed by atoms with E-state index in [9.17, 15) is 12.8 Å². The molecule has 1 saturated heterocycles. The van der Waals surface area contributed by atoms with Gasteiger partial charge < -0.3 is 10.5 Å². The molecule has 0 spiro atoms. The summed E-state index contributed by atoms with van der Waals surface area (Å²) in [7, 11) is -3.89. The lowest BCUT2D eigenvalue weighted by atomic mass is 10.1. The number of benzene rings is 1. The monoisotopic (exact) mass is 288 g/mol. The minimum atomic E-state index is -3.89. The molecule has 7 heteroatoms. The van der Waals surface area contributed by atoms with Gasteiger partial charge in [0.25, 0.3) is 0 Å². The number of anilines is 1. The molecule has 1 aliphatic heterocycles. The van der Waals surface area contributed by atoms with Crippen LogP contribution in [-0.2, 0) is 14.8 Å². The quantitative estimate of drug-likeness (QED) is 0.830. The van der Waals surface area contributed by atoms with Gasteiger partial charge >= 0.3 is 0 Å². The fourth-order valence-corrected chi connectivity index (χ4v) is 3.71. The number of sulfonamides is 1. The summed E-state index contributed by atoms with van der Waals surface area (Å²) in [6, 6.07) is 3.54. The van der Waals surface area contributed by atoms with E-state index < -0.39 is 21.4 Å². The second-order valence-corrected chi connectivity index (χ2v) is 7.04. The molecule has 1 aliphatic rings. The molecule has 2 rings (SSSR count). The van der Waals surface area contributed by atoms with Crippen LogP contribution in [0.1, 0.15) is 13.8 Å². The fourth-order valence-electron chi connectivity index (χ4n) is 2.04. The molecule has 1 fully saturated rings. The lowest BCUT2D eigenvalue weighted by Crippen LogP contribution is -2.50. The van der Waals surface area contributed by atoms with Gasteiger partial charge in [-0.05, 0) is 32.0 Å². The Kier molecular flexibility index (Phi) is 3.55. The van der Waals surface area contributed by atoms with Crippen molar-refractivity contribution in [3.05, 3.63) is 24.0 Å². The zero-order valence-electron chi connectivity index (χ0n) is 10.9. The van der Waals surface area contributed by atoms with Crippen LogP contribution in [0.25, 0.3) is 0 Å². The second-order valence-electron chi connectivity index (χ2n) is 5.14. The van der Waals surface area contributed by atoms with Gasteiger partial charge in [0.15, 0.2) is 0 Å². The Morgan fingerprint density at radius 2 is 2.11 bits per heavy atom. The Labute approximate surface area is 112 Å². The van der Waals surface area contributed by atoms with E-state index in [1.807, 2.05) is 0 Å². The summed E-state index contributed by atoms with van der Waals surface area (Å²) in [5.74, 6) is -0.793. The Morgan fingerprint density at radius 1 is 1.42 bits per heavy atom. The molecule has 0 saturated carbocycles. The highest BCUT2D eigenvalue weighted by Gasteiger charge is 2.36. The predicted octanol–water partition coefficient (Wildman–Crippen LogP) is 1.21. The summed E-state index contributed by atoms with van der Waals surface area (Å²) in [4.78, 5) is -0.384. The van der Waals surface area contributed by atoms with E-state index in [0.29, 0.717) is 0 Å². The molecular weight excluding hydrogens is 271 g/mol. The number of nitrogens with two attached hydrogens (primary N) is 1. The smallest absolute Gasteiger partial charge is 0.246 e. The Bertz CT molecular complexity index is 587. The molecule has 106 valence electrons. The molecule has 0 atom stereocenters. The number of rotatable bonds is 2. The molecule has 0 unspecified atom stereocenters. The van der Waals surface area contributed by atoms with Crippen molar-refractivity contribution < 1.29 is 17.5 Å². The van der Waals surface area contributed by atoms with E-state index in [1.165, 1.54) is 10.4 Å². The molecule has 0 aromatic heterocycles. The first-order valence-electron chi connectivity index (χ1n) is 5.91. The predicted molar refractivity (Wildman–Crippen MR) is 69.6 cm³/mol. The molecule has 1 aromatic carbocycles. The molecule has 0 bridgehead atoms. The lowest BCUT2D eigenvalue weighted by molar-refractivity contribution is -0.0640. The molecule has 1 heterocycles. The average molecular weight is 288 g/mol. The van der Waals surface area contributed by atoms with Gasteiger partial charge in [-0.2, -0.15) is 4.31 Å². The van der Waals surface area contributed by atoms with E-state index in [2.05, 4.69) is 0 Å². The Balaban J connectivity index is 2.39. The molecule has 1 aromatic rings. The van der Waals surface area contributed by atoms with Crippen LogP contribution in [0.5, 0.6) is 0 Å². The number of ether oxygens (including phenoxy) is 1. The first-order valence-corrected chi connectivity index (χ1v) is 7.35. The minimum Gasteiger partial charge on any atom is -0.399 e. The van der Waals surface area contributed by atoms with Crippen molar-refractivity contribution in [3.63, 3.8) is 0 Å². The fraction of sp³-hybridized carbons (Fsp3) is 0.500. The van der Waals surface area contributed by atoms with Gasteiger partial charge in [-0.1, -0.05) is 0 Å². The van der Waals surface area contributed by atoms with E-state index in [-0.39, 0.29) is 30.3 Å². The number of hydrogen-bond donors (Lipinski definition) is 1. The second kappa shape index (κ2) is 4.73. The summed E-state index contributed by atoms with van der Waals surface area (Å²) in [5.41, 5.74) is 5.17. The summed E-state index contributed by atoms with van der Waals surface area (Å²) in [6.07, 6.45) is 0. The Hall–Kier alpha value is -1.18. The normalized spacial score (nSPS) is 20.4. The maximum atomic E-state index is 13.7. The van der Waals surface area contributed by atoms with Gasteiger partial charge in [-0.3, -0.25) is 0 Å². The minimum absolute atomic E-state index is 0.184. The van der Waals surface area contributed by atoms with Crippen molar-refractivity contribution in [2.45, 2.75) is 24.3 Å². The number of nitrogens with zero attached hydrogens (tertiary/aromatic N) is 1. The van der Waals surface area contributed by atoms with Gasteiger partial charge in [0.05, 0.1) is 12.2 Å². The summed E-state index contributed by atoms with van der Waals surface area (Å²) >= 11 is 0. The molecule has 5 nitrogen and oxygen atoms in total. The van der Waals surface area contributed by atoms with Crippen LogP contribution in [-0.4, -0.2) is 38.0 Å². The molecule has 0 radical (unpaired) electrons. The van der Waals surface area contributed by atoms with Crippen molar-refractivity contribution >= 4 is 15.7 Å². The van der Waals surface area contributed by atoms with Crippen molar-refractivity contribution in [2.24, 2.45) is 0 Å². The molecule has 0 amide bonds. The van der Waals surface area contributed by atoms with Crippen LogP contribution in [0, 0.1) is 5.82 Å². The van der Waals surface area contributed by atoms with Gasteiger partial charge in [-0.25, -0.2) is 12.8 Å². The third kappa shape index (κ3) is 2.88. The lowest BCUT2D eigenvalue weighted by Gasteiger charge is -2.37. The Morgan fingerprint density at radius 3 is 2.74 bits per heavy atom. The maximum absolute atomic E-state index is 13.7. The van der Waals surface area contributed by atoms with Crippen LogP contribution in [0.4, 0.5) is 10.1 Å². The third-order valence-electron chi connectivity index (χ3n) is 2.96. The van der Waals surface area contributed by atoms with E-state index in [4.69, 9.17) is 10.5 Å². The van der Waals surface area contributed by atoms with Crippen LogP contribution in [0.15, 0.2) is 23.1 Å². The SMILES string of the molecule is CC1(C)CN(S(=O)(=O)c2cc(N)ccc2F)CCO1. The number of halogens is 1. The van der Waals surface area contributed by atoms with Gasteiger partial charge in [0, 0.05) is 18.8 Å². The van der Waals surface area contributed by atoms with E-state index in [1.54, 1.807) is 13.8 Å². The molecular formula is C12H17FN2O3S. The van der Waals surface area contributed by atoms with Crippen LogP contribution in [0.3, 0.4) is 0 Å². The van der Waals surface area contributed by atoms with E-state index in [0.717, 1.165) is 12.1 Å². The van der Waals surface area contributed by atoms with Crippen molar-refractivity contribution in [3.8, 4) is 0 Å². The highest BCUT2D eigenvalue weighted by Crippen LogP contribution is 2.26. The third-order valence-corrected chi connectivity index (χ3v) is 4.82. The summed E-state index contributed by atoms with van der Waals surface area (Å²) in [5, 5.41) is 0. The zero-order chi connectivity index (χ0) is 14.3. The standard InChI is InChI=1S/C12H17FN2O3S/c1-12(2)8-15(5-6-18-12)19(16,17)11-7-9(14)3-4-10(11)13/h3-4,7H,5-6,8,14H2,1-2H3. The summed E-state index contributed by atoms with van der Waals surface area (Å²) in [6.45, 7) is 4.27. The molecule has 19 heavy (non-hydrogen) atoms. The zero-order valence-corrected chi connectivity index (χ0v) is 11.7. The van der Waals surface area contributed by atoms with Crippen LogP contribution >= 0.6 is 0 Å². The van der Waals surface area contributed by atoms with Crippen molar-refractivity contribution in [2.75, 3.05) is 25.4 Å². The first kappa shape index (κ1) is 14.2. The van der Waals surface area contributed by atoms with Gasteiger partial charge in [0.2, 0.25) is 10.0 Å².